The average molecular weight is 299 g/mol. The number of rotatable bonds is 8. The van der Waals surface area contributed by atoms with Gasteiger partial charge in [-0.25, -0.2) is 0 Å². The number of aryl methyl sites for hydroxylation is 1. The molecular weight excluding hydrogens is 274 g/mol. The molecule has 0 unspecified atom stereocenters. The number of nitrogens with one attached hydrogen (secondary N) is 1. The SMILES string of the molecule is CC(C)CNCc1ccc(SCCc2ccccc2)cc1. The Morgan fingerprint density at radius 3 is 2.29 bits per heavy atom. The Morgan fingerprint density at radius 2 is 1.62 bits per heavy atom. The molecule has 0 aromatic heterocycles. The molecular formula is C19H25NS. The molecule has 0 spiro atoms. The highest BCUT2D eigenvalue weighted by Crippen LogP contribution is 2.19. The first-order chi connectivity index (χ1) is 10.2. The third-order valence-corrected chi connectivity index (χ3v) is 4.32. The maximum Gasteiger partial charge on any atom is 0.0205 e. The first kappa shape index (κ1) is 16.1. The van der Waals surface area contributed by atoms with Crippen molar-refractivity contribution < 1.29 is 0 Å². The molecule has 2 heteroatoms. The van der Waals surface area contributed by atoms with Crippen LogP contribution in [0.2, 0.25) is 0 Å². The number of hydrogen-bond acceptors (Lipinski definition) is 2. The summed E-state index contributed by atoms with van der Waals surface area (Å²) in [6, 6.07) is 19.6. The molecule has 21 heavy (non-hydrogen) atoms. The summed E-state index contributed by atoms with van der Waals surface area (Å²) in [5, 5.41) is 3.48. The molecule has 2 aromatic rings. The van der Waals surface area contributed by atoms with E-state index in [1.807, 2.05) is 11.8 Å². The second-order valence-electron chi connectivity index (χ2n) is 5.75. The van der Waals surface area contributed by atoms with Crippen molar-refractivity contribution in [3.8, 4) is 0 Å². The molecule has 0 heterocycles. The third kappa shape index (κ3) is 6.36. The predicted molar refractivity (Wildman–Crippen MR) is 93.9 cm³/mol. The van der Waals surface area contributed by atoms with Crippen LogP contribution in [0.4, 0.5) is 0 Å². The average Bonchev–Trinajstić information content (AvgIpc) is 2.50. The van der Waals surface area contributed by atoms with Crippen molar-refractivity contribution in [1.82, 2.24) is 5.32 Å². The molecule has 0 radical (unpaired) electrons. The van der Waals surface area contributed by atoms with Crippen LogP contribution in [0.1, 0.15) is 25.0 Å². The van der Waals surface area contributed by atoms with Crippen molar-refractivity contribution in [1.29, 1.82) is 0 Å². The number of benzene rings is 2. The molecule has 0 amide bonds. The summed E-state index contributed by atoms with van der Waals surface area (Å²) in [4.78, 5) is 1.36. The Bertz CT molecular complexity index is 505. The molecule has 0 atom stereocenters. The molecule has 0 bridgehead atoms. The van der Waals surface area contributed by atoms with Gasteiger partial charge in [-0.3, -0.25) is 0 Å². The predicted octanol–water partition coefficient (Wildman–Crippen LogP) is 4.77. The van der Waals surface area contributed by atoms with Gasteiger partial charge in [-0.15, -0.1) is 11.8 Å². The lowest BCUT2D eigenvalue weighted by Gasteiger charge is -2.08. The molecule has 1 N–H and O–H groups in total. The number of hydrogen-bond donors (Lipinski definition) is 1. The maximum absolute atomic E-state index is 3.48. The minimum atomic E-state index is 0.706. The van der Waals surface area contributed by atoms with Crippen molar-refractivity contribution >= 4 is 11.8 Å². The quantitative estimate of drug-likeness (QED) is 0.705. The van der Waals surface area contributed by atoms with Crippen molar-refractivity contribution in [2.24, 2.45) is 5.92 Å². The summed E-state index contributed by atoms with van der Waals surface area (Å²) in [5.74, 6) is 1.84. The highest BCUT2D eigenvalue weighted by atomic mass is 32.2. The van der Waals surface area contributed by atoms with Gasteiger partial charge in [0.05, 0.1) is 0 Å². The van der Waals surface area contributed by atoms with E-state index in [1.54, 1.807) is 0 Å². The topological polar surface area (TPSA) is 12.0 Å². The van der Waals surface area contributed by atoms with Gasteiger partial charge in [0.15, 0.2) is 0 Å². The Labute approximate surface area is 133 Å². The zero-order valence-corrected chi connectivity index (χ0v) is 13.8. The van der Waals surface area contributed by atoms with E-state index in [-0.39, 0.29) is 0 Å². The molecule has 0 saturated heterocycles. The summed E-state index contributed by atoms with van der Waals surface area (Å²) in [6.07, 6.45) is 1.13. The van der Waals surface area contributed by atoms with Gasteiger partial charge < -0.3 is 5.32 Å². The van der Waals surface area contributed by atoms with Gasteiger partial charge in [-0.1, -0.05) is 56.3 Å². The van der Waals surface area contributed by atoms with Crippen LogP contribution in [-0.2, 0) is 13.0 Å². The maximum atomic E-state index is 3.48. The third-order valence-electron chi connectivity index (χ3n) is 3.31. The molecule has 0 aliphatic heterocycles. The first-order valence-electron chi connectivity index (χ1n) is 7.70. The number of thioether (sulfide) groups is 1. The first-order valence-corrected chi connectivity index (χ1v) is 8.69. The van der Waals surface area contributed by atoms with Gasteiger partial charge in [0, 0.05) is 17.2 Å². The van der Waals surface area contributed by atoms with Crippen molar-refractivity contribution in [3.05, 3.63) is 65.7 Å². The largest absolute Gasteiger partial charge is 0.312 e. The van der Waals surface area contributed by atoms with Gasteiger partial charge >= 0.3 is 0 Å². The van der Waals surface area contributed by atoms with Crippen LogP contribution in [0, 0.1) is 5.92 Å². The molecule has 2 aromatic carbocycles. The summed E-state index contributed by atoms with van der Waals surface area (Å²) < 4.78 is 0. The standard InChI is InChI=1S/C19H25NS/c1-16(2)14-20-15-18-8-10-19(11-9-18)21-13-12-17-6-4-3-5-7-17/h3-11,16,20H,12-15H2,1-2H3. The molecule has 0 aliphatic carbocycles. The fraction of sp³-hybridized carbons (Fsp3) is 0.368. The van der Waals surface area contributed by atoms with E-state index >= 15 is 0 Å². The molecule has 112 valence electrons. The van der Waals surface area contributed by atoms with Crippen LogP contribution < -0.4 is 5.32 Å². The van der Waals surface area contributed by atoms with Gasteiger partial charge in [0.1, 0.15) is 0 Å². The summed E-state index contributed by atoms with van der Waals surface area (Å²) >= 11 is 1.93. The van der Waals surface area contributed by atoms with Gasteiger partial charge in [-0.2, -0.15) is 0 Å². The second-order valence-corrected chi connectivity index (χ2v) is 6.92. The van der Waals surface area contributed by atoms with Gasteiger partial charge in [0.2, 0.25) is 0 Å². The fourth-order valence-corrected chi connectivity index (χ4v) is 3.04. The van der Waals surface area contributed by atoms with Crippen LogP contribution in [0.15, 0.2) is 59.5 Å². The lowest BCUT2D eigenvalue weighted by Crippen LogP contribution is -2.18. The normalized spacial score (nSPS) is 11.0. The van der Waals surface area contributed by atoms with E-state index in [2.05, 4.69) is 73.8 Å². The minimum absolute atomic E-state index is 0.706. The molecule has 0 aliphatic rings. The van der Waals surface area contributed by atoms with Crippen LogP contribution in [0.5, 0.6) is 0 Å². The van der Waals surface area contributed by atoms with Crippen LogP contribution in [-0.4, -0.2) is 12.3 Å². The van der Waals surface area contributed by atoms with Crippen LogP contribution in [0.25, 0.3) is 0 Å². The van der Waals surface area contributed by atoms with E-state index < -0.39 is 0 Å². The van der Waals surface area contributed by atoms with Crippen LogP contribution in [0.3, 0.4) is 0 Å². The lowest BCUT2D eigenvalue weighted by atomic mass is 10.2. The Balaban J connectivity index is 1.72. The second kappa shape index (κ2) is 8.91. The van der Waals surface area contributed by atoms with E-state index in [0.29, 0.717) is 5.92 Å². The molecule has 0 fully saturated rings. The summed E-state index contributed by atoms with van der Waals surface area (Å²) in [6.45, 7) is 6.51. The highest BCUT2D eigenvalue weighted by Gasteiger charge is 1.98. The smallest absolute Gasteiger partial charge is 0.0205 e. The summed E-state index contributed by atoms with van der Waals surface area (Å²) in [7, 11) is 0. The van der Waals surface area contributed by atoms with Gasteiger partial charge in [-0.05, 0) is 42.1 Å². The molecule has 0 saturated carbocycles. The van der Waals surface area contributed by atoms with E-state index in [9.17, 15) is 0 Å². The Hall–Kier alpha value is -1.25. The van der Waals surface area contributed by atoms with Crippen molar-refractivity contribution in [3.63, 3.8) is 0 Å². The monoisotopic (exact) mass is 299 g/mol. The van der Waals surface area contributed by atoms with E-state index in [1.165, 1.54) is 16.0 Å². The van der Waals surface area contributed by atoms with E-state index in [4.69, 9.17) is 0 Å². The minimum Gasteiger partial charge on any atom is -0.312 e. The Kier molecular flexibility index (Phi) is 6.84. The molecule has 2 rings (SSSR count). The lowest BCUT2D eigenvalue weighted by molar-refractivity contribution is 0.552. The zero-order chi connectivity index (χ0) is 14.9. The van der Waals surface area contributed by atoms with Gasteiger partial charge in [0.25, 0.3) is 0 Å². The highest BCUT2D eigenvalue weighted by molar-refractivity contribution is 7.99. The zero-order valence-electron chi connectivity index (χ0n) is 13.0. The molecule has 1 nitrogen and oxygen atoms in total. The Morgan fingerprint density at radius 1 is 0.905 bits per heavy atom. The van der Waals surface area contributed by atoms with Crippen molar-refractivity contribution in [2.75, 3.05) is 12.3 Å². The fourth-order valence-electron chi connectivity index (χ4n) is 2.14. The summed E-state index contributed by atoms with van der Waals surface area (Å²) in [5.41, 5.74) is 2.78. The van der Waals surface area contributed by atoms with Crippen molar-refractivity contribution in [2.45, 2.75) is 31.7 Å². The van der Waals surface area contributed by atoms with E-state index in [0.717, 1.165) is 25.3 Å². The van der Waals surface area contributed by atoms with Crippen LogP contribution >= 0.6 is 11.8 Å².